The van der Waals surface area contributed by atoms with Gasteiger partial charge in [-0.05, 0) is 43.7 Å². The predicted octanol–water partition coefficient (Wildman–Crippen LogP) is 3.32. The lowest BCUT2D eigenvalue weighted by Gasteiger charge is -2.13. The summed E-state index contributed by atoms with van der Waals surface area (Å²) < 4.78 is 12.4. The third kappa shape index (κ3) is 4.96. The van der Waals surface area contributed by atoms with Crippen LogP contribution in [-0.2, 0) is 11.8 Å². The number of hydrogen-bond donors (Lipinski definition) is 2. The van der Waals surface area contributed by atoms with Crippen molar-refractivity contribution >= 4 is 23.2 Å². The van der Waals surface area contributed by atoms with Crippen molar-refractivity contribution in [2.75, 3.05) is 24.4 Å². The standard InChI is InChI=1S/C22H24N4O4/c1-14-9-10-16(22(28)24-18-12-26(3)25-15(18)2)11-17(14)23-21(27)13-30-20-8-6-5-7-19(20)29-4/h5-12H,13H2,1-4H3,(H,23,27)(H,24,28). The van der Waals surface area contributed by atoms with Gasteiger partial charge in [-0.1, -0.05) is 18.2 Å². The van der Waals surface area contributed by atoms with Gasteiger partial charge in [0.15, 0.2) is 18.1 Å². The molecule has 0 unspecified atom stereocenters. The summed E-state index contributed by atoms with van der Waals surface area (Å²) in [6, 6.07) is 12.2. The quantitative estimate of drug-likeness (QED) is 0.625. The number of nitrogens with zero attached hydrogens (tertiary/aromatic N) is 2. The van der Waals surface area contributed by atoms with Gasteiger partial charge >= 0.3 is 0 Å². The van der Waals surface area contributed by atoms with Crippen molar-refractivity contribution in [1.29, 1.82) is 0 Å². The molecule has 0 spiro atoms. The number of aryl methyl sites for hydroxylation is 3. The molecule has 1 aromatic heterocycles. The first kappa shape index (κ1) is 20.9. The average Bonchev–Trinajstić information content (AvgIpc) is 3.04. The van der Waals surface area contributed by atoms with Crippen molar-refractivity contribution in [1.82, 2.24) is 9.78 Å². The number of ether oxygens (including phenoxy) is 2. The summed E-state index contributed by atoms with van der Waals surface area (Å²) >= 11 is 0. The Kier molecular flexibility index (Phi) is 6.36. The van der Waals surface area contributed by atoms with E-state index in [1.54, 1.807) is 54.3 Å². The number of benzene rings is 2. The van der Waals surface area contributed by atoms with E-state index in [9.17, 15) is 9.59 Å². The van der Waals surface area contributed by atoms with Crippen LogP contribution in [0, 0.1) is 13.8 Å². The van der Waals surface area contributed by atoms with Crippen molar-refractivity contribution in [2.45, 2.75) is 13.8 Å². The van der Waals surface area contributed by atoms with Crippen molar-refractivity contribution in [2.24, 2.45) is 7.05 Å². The van der Waals surface area contributed by atoms with Crippen molar-refractivity contribution in [3.8, 4) is 11.5 Å². The molecule has 0 radical (unpaired) electrons. The van der Waals surface area contributed by atoms with E-state index in [-0.39, 0.29) is 18.4 Å². The van der Waals surface area contributed by atoms with Crippen LogP contribution in [0.15, 0.2) is 48.7 Å². The molecule has 3 rings (SSSR count). The summed E-state index contributed by atoms with van der Waals surface area (Å²) in [7, 11) is 3.32. The van der Waals surface area contributed by atoms with E-state index in [2.05, 4.69) is 15.7 Å². The van der Waals surface area contributed by atoms with Crippen LogP contribution in [0.5, 0.6) is 11.5 Å². The number of nitrogens with one attached hydrogen (secondary N) is 2. The Bertz CT molecular complexity index is 1070. The fourth-order valence-electron chi connectivity index (χ4n) is 2.88. The monoisotopic (exact) mass is 408 g/mol. The van der Waals surface area contributed by atoms with Crippen LogP contribution in [0.1, 0.15) is 21.6 Å². The first-order chi connectivity index (χ1) is 14.4. The molecule has 1 heterocycles. The predicted molar refractivity (Wildman–Crippen MR) is 114 cm³/mol. The molecule has 0 aliphatic carbocycles. The lowest BCUT2D eigenvalue weighted by molar-refractivity contribution is -0.118. The SMILES string of the molecule is COc1ccccc1OCC(=O)Nc1cc(C(=O)Nc2cn(C)nc2C)ccc1C. The Morgan fingerprint density at radius 1 is 1.03 bits per heavy atom. The van der Waals surface area contributed by atoms with Crippen LogP contribution in [0.2, 0.25) is 0 Å². The van der Waals surface area contributed by atoms with Crippen LogP contribution in [-0.4, -0.2) is 35.3 Å². The molecular formula is C22H24N4O4. The molecule has 8 nitrogen and oxygen atoms in total. The lowest BCUT2D eigenvalue weighted by Crippen LogP contribution is -2.21. The second kappa shape index (κ2) is 9.13. The molecule has 8 heteroatoms. The number of para-hydroxylation sites is 2. The second-order valence-electron chi connectivity index (χ2n) is 6.77. The molecule has 0 bridgehead atoms. The molecule has 0 atom stereocenters. The number of carbonyl (C=O) groups excluding carboxylic acids is 2. The number of anilines is 2. The van der Waals surface area contributed by atoms with E-state index in [0.717, 1.165) is 11.3 Å². The topological polar surface area (TPSA) is 94.5 Å². The molecule has 156 valence electrons. The third-order valence-corrected chi connectivity index (χ3v) is 4.46. The van der Waals surface area contributed by atoms with E-state index in [4.69, 9.17) is 9.47 Å². The highest BCUT2D eigenvalue weighted by molar-refractivity contribution is 6.05. The van der Waals surface area contributed by atoms with Crippen LogP contribution in [0.3, 0.4) is 0 Å². The average molecular weight is 408 g/mol. The van der Waals surface area contributed by atoms with E-state index in [1.165, 1.54) is 7.11 Å². The Morgan fingerprint density at radius 2 is 1.77 bits per heavy atom. The van der Waals surface area contributed by atoms with E-state index in [1.807, 2.05) is 19.9 Å². The second-order valence-corrected chi connectivity index (χ2v) is 6.77. The largest absolute Gasteiger partial charge is 0.493 e. The number of carbonyl (C=O) groups is 2. The number of rotatable bonds is 7. The van der Waals surface area contributed by atoms with Crippen molar-refractivity contribution in [3.05, 3.63) is 65.5 Å². The van der Waals surface area contributed by atoms with E-state index in [0.29, 0.717) is 28.4 Å². The third-order valence-electron chi connectivity index (χ3n) is 4.46. The number of methoxy groups -OCH3 is 1. The first-order valence-electron chi connectivity index (χ1n) is 9.35. The number of aromatic nitrogens is 2. The fourth-order valence-corrected chi connectivity index (χ4v) is 2.88. The minimum Gasteiger partial charge on any atom is -0.493 e. The van der Waals surface area contributed by atoms with E-state index < -0.39 is 0 Å². The van der Waals surface area contributed by atoms with Gasteiger partial charge in [0.2, 0.25) is 0 Å². The molecule has 2 amide bonds. The molecule has 0 aliphatic rings. The molecule has 0 aliphatic heterocycles. The fraction of sp³-hybridized carbons (Fsp3) is 0.227. The van der Waals surface area contributed by atoms with Gasteiger partial charge in [0.05, 0.1) is 18.5 Å². The zero-order valence-corrected chi connectivity index (χ0v) is 17.4. The smallest absolute Gasteiger partial charge is 0.262 e. The highest BCUT2D eigenvalue weighted by Gasteiger charge is 2.13. The molecular weight excluding hydrogens is 384 g/mol. The molecule has 3 aromatic rings. The van der Waals surface area contributed by atoms with Crippen LogP contribution in [0.25, 0.3) is 0 Å². The van der Waals surface area contributed by atoms with Gasteiger partial charge in [-0.2, -0.15) is 5.10 Å². The van der Waals surface area contributed by atoms with Gasteiger partial charge in [-0.25, -0.2) is 0 Å². The van der Waals surface area contributed by atoms with Gasteiger partial charge in [-0.15, -0.1) is 0 Å². The van der Waals surface area contributed by atoms with E-state index >= 15 is 0 Å². The minimum absolute atomic E-state index is 0.189. The molecule has 2 N–H and O–H groups in total. The number of hydrogen-bond acceptors (Lipinski definition) is 5. The molecule has 2 aromatic carbocycles. The minimum atomic E-state index is -0.343. The summed E-state index contributed by atoms with van der Waals surface area (Å²) in [5, 5.41) is 9.83. The van der Waals surface area contributed by atoms with Gasteiger partial charge in [0.25, 0.3) is 11.8 Å². The summed E-state index contributed by atoms with van der Waals surface area (Å²) in [4.78, 5) is 25.0. The maximum absolute atomic E-state index is 12.6. The number of amides is 2. The maximum atomic E-state index is 12.6. The summed E-state index contributed by atoms with van der Waals surface area (Å²) in [5.41, 5.74) is 3.15. The Hall–Kier alpha value is -3.81. The Morgan fingerprint density at radius 3 is 2.43 bits per heavy atom. The van der Waals surface area contributed by atoms with Crippen LogP contribution < -0.4 is 20.1 Å². The van der Waals surface area contributed by atoms with Crippen molar-refractivity contribution < 1.29 is 19.1 Å². The Labute approximate surface area is 174 Å². The molecule has 0 saturated carbocycles. The zero-order chi connectivity index (χ0) is 21.7. The van der Waals surface area contributed by atoms with Gasteiger partial charge in [-0.3, -0.25) is 14.3 Å². The van der Waals surface area contributed by atoms with Gasteiger partial charge in [0.1, 0.15) is 0 Å². The van der Waals surface area contributed by atoms with Crippen LogP contribution in [0.4, 0.5) is 11.4 Å². The van der Waals surface area contributed by atoms with Gasteiger partial charge < -0.3 is 20.1 Å². The summed E-state index contributed by atoms with van der Waals surface area (Å²) in [6.45, 7) is 3.48. The highest BCUT2D eigenvalue weighted by Crippen LogP contribution is 2.26. The maximum Gasteiger partial charge on any atom is 0.262 e. The van der Waals surface area contributed by atoms with Crippen LogP contribution >= 0.6 is 0 Å². The lowest BCUT2D eigenvalue weighted by atomic mass is 10.1. The molecule has 0 fully saturated rings. The van der Waals surface area contributed by atoms with Crippen molar-refractivity contribution in [3.63, 3.8) is 0 Å². The summed E-state index contributed by atoms with van der Waals surface area (Å²) in [6.07, 6.45) is 1.74. The molecule has 0 saturated heterocycles. The first-order valence-corrected chi connectivity index (χ1v) is 9.35. The zero-order valence-electron chi connectivity index (χ0n) is 17.4. The van der Waals surface area contributed by atoms with Gasteiger partial charge in [0, 0.05) is 24.5 Å². The highest BCUT2D eigenvalue weighted by atomic mass is 16.5. The normalized spacial score (nSPS) is 10.4. The summed E-state index contributed by atoms with van der Waals surface area (Å²) in [5.74, 6) is 0.397. The molecule has 30 heavy (non-hydrogen) atoms. The Balaban J connectivity index is 1.66.